The monoisotopic (exact) mass is 311 g/mol. The van der Waals surface area contributed by atoms with E-state index in [4.69, 9.17) is 4.74 Å². The van der Waals surface area contributed by atoms with E-state index in [1.165, 1.54) is 11.8 Å². The number of hydrogen-bond acceptors (Lipinski definition) is 2. The molecule has 2 aromatic rings. The van der Waals surface area contributed by atoms with Crippen LogP contribution in [0.2, 0.25) is 0 Å². The van der Waals surface area contributed by atoms with Crippen LogP contribution >= 0.6 is 0 Å². The molecule has 1 aliphatic rings. The Morgan fingerprint density at radius 1 is 1.26 bits per heavy atom. The van der Waals surface area contributed by atoms with Gasteiger partial charge in [0, 0.05) is 13.1 Å². The summed E-state index contributed by atoms with van der Waals surface area (Å²) in [5, 5.41) is 2.32. The first kappa shape index (κ1) is 15.9. The van der Waals surface area contributed by atoms with Gasteiger partial charge < -0.3 is 9.64 Å². The van der Waals surface area contributed by atoms with Crippen molar-refractivity contribution in [1.82, 2.24) is 4.90 Å². The predicted octanol–water partition coefficient (Wildman–Crippen LogP) is 4.26. The second kappa shape index (κ2) is 7.03. The molecule has 1 heterocycles. The van der Waals surface area contributed by atoms with Crippen LogP contribution in [-0.4, -0.2) is 30.0 Å². The third-order valence-electron chi connectivity index (χ3n) is 4.61. The van der Waals surface area contributed by atoms with Gasteiger partial charge in [0.25, 0.3) is 5.91 Å². The lowest BCUT2D eigenvalue weighted by molar-refractivity contribution is -0.140. The van der Waals surface area contributed by atoms with E-state index < -0.39 is 0 Å². The lowest BCUT2D eigenvalue weighted by Crippen LogP contribution is -2.46. The van der Waals surface area contributed by atoms with Crippen molar-refractivity contribution in [2.75, 3.05) is 13.1 Å². The molecule has 3 rings (SSSR count). The Balaban J connectivity index is 1.73. The van der Waals surface area contributed by atoms with Crippen molar-refractivity contribution in [3.63, 3.8) is 0 Å². The summed E-state index contributed by atoms with van der Waals surface area (Å²) in [7, 11) is 0. The number of nitrogens with zero attached hydrogens (tertiary/aromatic N) is 1. The number of likely N-dealkylation sites (tertiary alicyclic amines) is 1. The standard InChI is InChI=1S/C20H25NO2/c1-3-19(20(22)21-12-6-7-15(2)14-21)23-18-11-10-16-8-4-5-9-17(16)13-18/h4-5,8-11,13,15,19H,3,6-7,12,14H2,1-2H3/t15-,19-/m1/s1. The van der Waals surface area contributed by atoms with Crippen molar-refractivity contribution in [2.24, 2.45) is 5.92 Å². The summed E-state index contributed by atoms with van der Waals surface area (Å²) in [6, 6.07) is 14.2. The fourth-order valence-corrected chi connectivity index (χ4v) is 3.31. The Bertz CT molecular complexity index is 682. The van der Waals surface area contributed by atoms with Crippen molar-refractivity contribution < 1.29 is 9.53 Å². The minimum Gasteiger partial charge on any atom is -0.481 e. The van der Waals surface area contributed by atoms with Gasteiger partial charge in [-0.3, -0.25) is 4.79 Å². The molecule has 3 nitrogen and oxygen atoms in total. The average Bonchev–Trinajstić information content (AvgIpc) is 2.59. The van der Waals surface area contributed by atoms with Crippen molar-refractivity contribution in [3.05, 3.63) is 42.5 Å². The van der Waals surface area contributed by atoms with E-state index in [0.717, 1.165) is 30.6 Å². The van der Waals surface area contributed by atoms with Crippen molar-refractivity contribution in [1.29, 1.82) is 0 Å². The zero-order valence-corrected chi connectivity index (χ0v) is 14.0. The summed E-state index contributed by atoms with van der Waals surface area (Å²) in [6.45, 7) is 5.94. The lowest BCUT2D eigenvalue weighted by Gasteiger charge is -2.33. The van der Waals surface area contributed by atoms with Crippen LogP contribution in [0.15, 0.2) is 42.5 Å². The normalized spacial score (nSPS) is 19.6. The molecule has 0 bridgehead atoms. The van der Waals surface area contributed by atoms with Crippen LogP contribution in [0.25, 0.3) is 10.8 Å². The number of ether oxygens (including phenoxy) is 1. The van der Waals surface area contributed by atoms with Gasteiger partial charge in [0.05, 0.1) is 0 Å². The van der Waals surface area contributed by atoms with Crippen molar-refractivity contribution in [3.8, 4) is 5.75 Å². The van der Waals surface area contributed by atoms with Gasteiger partial charge >= 0.3 is 0 Å². The van der Waals surface area contributed by atoms with Gasteiger partial charge in [-0.1, -0.05) is 44.2 Å². The molecule has 1 amide bonds. The maximum atomic E-state index is 12.7. The highest BCUT2D eigenvalue weighted by Crippen LogP contribution is 2.23. The zero-order valence-electron chi connectivity index (χ0n) is 14.0. The molecule has 2 aromatic carbocycles. The molecule has 1 fully saturated rings. The summed E-state index contributed by atoms with van der Waals surface area (Å²) in [6.07, 6.45) is 2.61. The molecule has 1 saturated heterocycles. The Morgan fingerprint density at radius 3 is 2.78 bits per heavy atom. The number of rotatable bonds is 4. The predicted molar refractivity (Wildman–Crippen MR) is 93.6 cm³/mol. The Morgan fingerprint density at radius 2 is 2.04 bits per heavy atom. The van der Waals surface area contributed by atoms with Gasteiger partial charge in [0.2, 0.25) is 0 Å². The molecule has 0 radical (unpaired) electrons. The number of piperidine rings is 1. The second-order valence-electron chi connectivity index (χ2n) is 6.56. The zero-order chi connectivity index (χ0) is 16.2. The van der Waals surface area contributed by atoms with Crippen LogP contribution in [0.3, 0.4) is 0 Å². The summed E-state index contributed by atoms with van der Waals surface area (Å²) in [4.78, 5) is 14.7. The number of fused-ring (bicyclic) bond motifs is 1. The molecular formula is C20H25NO2. The quantitative estimate of drug-likeness (QED) is 0.844. The fourth-order valence-electron chi connectivity index (χ4n) is 3.31. The van der Waals surface area contributed by atoms with E-state index in [1.807, 2.05) is 42.2 Å². The number of carbonyl (C=O) groups excluding carboxylic acids is 1. The number of benzene rings is 2. The van der Waals surface area contributed by atoms with E-state index >= 15 is 0 Å². The smallest absolute Gasteiger partial charge is 0.263 e. The van der Waals surface area contributed by atoms with E-state index in [1.54, 1.807) is 0 Å². The molecule has 0 aromatic heterocycles. The molecule has 122 valence electrons. The molecule has 23 heavy (non-hydrogen) atoms. The van der Waals surface area contributed by atoms with Gasteiger partial charge in [-0.25, -0.2) is 0 Å². The Labute approximate surface area is 138 Å². The maximum Gasteiger partial charge on any atom is 0.263 e. The Hall–Kier alpha value is -2.03. The van der Waals surface area contributed by atoms with Crippen LogP contribution in [0, 0.1) is 5.92 Å². The Kier molecular flexibility index (Phi) is 4.85. The lowest BCUT2D eigenvalue weighted by atomic mass is 9.99. The highest BCUT2D eigenvalue weighted by Gasteiger charge is 2.27. The summed E-state index contributed by atoms with van der Waals surface area (Å²) >= 11 is 0. The van der Waals surface area contributed by atoms with E-state index in [2.05, 4.69) is 19.1 Å². The molecule has 2 atom stereocenters. The van der Waals surface area contributed by atoms with Gasteiger partial charge in [0.1, 0.15) is 5.75 Å². The van der Waals surface area contributed by atoms with Gasteiger partial charge in [-0.2, -0.15) is 0 Å². The van der Waals surface area contributed by atoms with Gasteiger partial charge in [0.15, 0.2) is 6.10 Å². The topological polar surface area (TPSA) is 29.5 Å². The first-order valence-electron chi connectivity index (χ1n) is 8.61. The summed E-state index contributed by atoms with van der Waals surface area (Å²) in [5.74, 6) is 1.49. The molecule has 0 saturated carbocycles. The van der Waals surface area contributed by atoms with Crippen LogP contribution in [-0.2, 0) is 4.79 Å². The molecule has 0 unspecified atom stereocenters. The van der Waals surface area contributed by atoms with Crippen LogP contribution in [0.1, 0.15) is 33.1 Å². The van der Waals surface area contributed by atoms with E-state index in [-0.39, 0.29) is 12.0 Å². The minimum atomic E-state index is -0.388. The summed E-state index contributed by atoms with van der Waals surface area (Å²) < 4.78 is 6.03. The van der Waals surface area contributed by atoms with Crippen molar-refractivity contribution in [2.45, 2.75) is 39.2 Å². The number of carbonyl (C=O) groups is 1. The number of amides is 1. The van der Waals surface area contributed by atoms with Crippen molar-refractivity contribution >= 4 is 16.7 Å². The fraction of sp³-hybridized carbons (Fsp3) is 0.450. The average molecular weight is 311 g/mol. The second-order valence-corrected chi connectivity index (χ2v) is 6.56. The highest BCUT2D eigenvalue weighted by atomic mass is 16.5. The third kappa shape index (κ3) is 3.66. The van der Waals surface area contributed by atoms with Crippen LogP contribution < -0.4 is 4.74 Å². The molecular weight excluding hydrogens is 286 g/mol. The maximum absolute atomic E-state index is 12.7. The molecule has 0 N–H and O–H groups in total. The molecule has 0 spiro atoms. The van der Waals surface area contributed by atoms with E-state index in [9.17, 15) is 4.79 Å². The highest BCUT2D eigenvalue weighted by molar-refractivity contribution is 5.84. The molecule has 1 aliphatic heterocycles. The first-order valence-corrected chi connectivity index (χ1v) is 8.61. The SMILES string of the molecule is CC[C@@H](Oc1ccc2ccccc2c1)C(=O)N1CCC[C@@H](C)C1. The van der Waals surface area contributed by atoms with Gasteiger partial charge in [-0.15, -0.1) is 0 Å². The third-order valence-corrected chi connectivity index (χ3v) is 4.61. The summed E-state index contributed by atoms with van der Waals surface area (Å²) in [5.41, 5.74) is 0. The molecule has 0 aliphatic carbocycles. The minimum absolute atomic E-state index is 0.132. The largest absolute Gasteiger partial charge is 0.481 e. The van der Waals surface area contributed by atoms with Crippen LogP contribution in [0.5, 0.6) is 5.75 Å². The number of hydrogen-bond donors (Lipinski definition) is 0. The van der Waals surface area contributed by atoms with Crippen LogP contribution in [0.4, 0.5) is 0 Å². The first-order chi connectivity index (χ1) is 11.2. The van der Waals surface area contributed by atoms with E-state index in [0.29, 0.717) is 12.3 Å². The molecule has 3 heteroatoms. The van der Waals surface area contributed by atoms with Gasteiger partial charge in [-0.05, 0) is 48.1 Å².